The molecule has 1 amide bonds. The third kappa shape index (κ3) is 3.58. The van der Waals surface area contributed by atoms with Crippen LogP contribution in [0.3, 0.4) is 0 Å². The summed E-state index contributed by atoms with van der Waals surface area (Å²) in [5, 5.41) is 2.14. The Balaban J connectivity index is 1.92. The van der Waals surface area contributed by atoms with Crippen LogP contribution in [0.4, 0.5) is 14.5 Å². The molecule has 0 bridgehead atoms. The number of amides is 1. The average Bonchev–Trinajstić information content (AvgIpc) is 3.14. The van der Waals surface area contributed by atoms with Crippen LogP contribution >= 0.6 is 11.6 Å². The van der Waals surface area contributed by atoms with Gasteiger partial charge in [0, 0.05) is 18.7 Å². The standard InChI is InChI=1S/C17H15ClF2N2O3S/c18-12-4-3-5-14(16(12)20)21-17(23)11-6-7-13(19)15(10-11)26(24,25)22-8-1-2-9-22/h3-7,10H,1-2,8-9H2,(H,21,23). The zero-order chi connectivity index (χ0) is 18.9. The fourth-order valence-electron chi connectivity index (χ4n) is 2.70. The molecule has 1 heterocycles. The number of benzene rings is 2. The minimum absolute atomic E-state index is 0.108. The van der Waals surface area contributed by atoms with Crippen molar-refractivity contribution in [3.8, 4) is 0 Å². The highest BCUT2D eigenvalue weighted by molar-refractivity contribution is 7.89. The first-order valence-corrected chi connectivity index (χ1v) is 9.67. The van der Waals surface area contributed by atoms with E-state index in [1.165, 1.54) is 22.5 Å². The van der Waals surface area contributed by atoms with Crippen molar-refractivity contribution in [2.75, 3.05) is 18.4 Å². The molecule has 2 aromatic carbocycles. The second kappa shape index (κ2) is 7.30. The molecule has 1 aliphatic heterocycles. The molecule has 5 nitrogen and oxygen atoms in total. The molecule has 0 saturated carbocycles. The van der Waals surface area contributed by atoms with Gasteiger partial charge in [0.1, 0.15) is 10.7 Å². The fourth-order valence-corrected chi connectivity index (χ4v) is 4.49. The van der Waals surface area contributed by atoms with Crippen LogP contribution in [-0.2, 0) is 10.0 Å². The molecule has 9 heteroatoms. The van der Waals surface area contributed by atoms with Crippen molar-refractivity contribution in [2.24, 2.45) is 0 Å². The van der Waals surface area contributed by atoms with Gasteiger partial charge in [-0.05, 0) is 43.2 Å². The van der Waals surface area contributed by atoms with Crippen LogP contribution in [0.25, 0.3) is 0 Å². The van der Waals surface area contributed by atoms with E-state index >= 15 is 0 Å². The molecule has 0 aliphatic carbocycles. The summed E-state index contributed by atoms with van der Waals surface area (Å²) in [4.78, 5) is 11.8. The van der Waals surface area contributed by atoms with Crippen molar-refractivity contribution in [3.63, 3.8) is 0 Å². The van der Waals surface area contributed by atoms with Crippen molar-refractivity contribution in [2.45, 2.75) is 17.7 Å². The normalized spacial score (nSPS) is 15.2. The monoisotopic (exact) mass is 400 g/mol. The van der Waals surface area contributed by atoms with E-state index in [0.717, 1.165) is 18.2 Å². The zero-order valence-corrected chi connectivity index (χ0v) is 15.1. The van der Waals surface area contributed by atoms with E-state index in [-0.39, 0.29) is 16.3 Å². The predicted octanol–water partition coefficient (Wildman–Crippen LogP) is 3.66. The predicted molar refractivity (Wildman–Crippen MR) is 93.8 cm³/mol. The van der Waals surface area contributed by atoms with Gasteiger partial charge in [-0.1, -0.05) is 17.7 Å². The van der Waals surface area contributed by atoms with Crippen molar-refractivity contribution in [3.05, 3.63) is 58.6 Å². The van der Waals surface area contributed by atoms with Crippen LogP contribution in [0.15, 0.2) is 41.3 Å². The highest BCUT2D eigenvalue weighted by Gasteiger charge is 2.30. The van der Waals surface area contributed by atoms with Crippen LogP contribution in [-0.4, -0.2) is 31.7 Å². The van der Waals surface area contributed by atoms with Crippen molar-refractivity contribution < 1.29 is 22.0 Å². The van der Waals surface area contributed by atoms with Gasteiger partial charge in [-0.15, -0.1) is 0 Å². The molecule has 1 saturated heterocycles. The molecular formula is C17H15ClF2N2O3S. The zero-order valence-electron chi connectivity index (χ0n) is 13.5. The van der Waals surface area contributed by atoms with Gasteiger partial charge in [-0.2, -0.15) is 4.31 Å². The van der Waals surface area contributed by atoms with Crippen LogP contribution in [0.2, 0.25) is 5.02 Å². The second-order valence-electron chi connectivity index (χ2n) is 5.81. The lowest BCUT2D eigenvalue weighted by Crippen LogP contribution is -2.29. The van der Waals surface area contributed by atoms with Crippen molar-refractivity contribution in [1.82, 2.24) is 4.31 Å². The van der Waals surface area contributed by atoms with Gasteiger partial charge in [0.05, 0.1) is 10.7 Å². The summed E-state index contributed by atoms with van der Waals surface area (Å²) in [7, 11) is -4.03. The maximum Gasteiger partial charge on any atom is 0.255 e. The van der Waals surface area contributed by atoms with E-state index < -0.39 is 32.5 Å². The Morgan fingerprint density at radius 2 is 1.81 bits per heavy atom. The third-order valence-electron chi connectivity index (χ3n) is 4.08. The van der Waals surface area contributed by atoms with Crippen LogP contribution < -0.4 is 5.32 Å². The molecule has 0 aromatic heterocycles. The molecule has 0 spiro atoms. The summed E-state index contributed by atoms with van der Waals surface area (Å²) >= 11 is 5.66. The molecule has 1 aliphatic rings. The van der Waals surface area contributed by atoms with Gasteiger partial charge in [-0.3, -0.25) is 4.79 Å². The Morgan fingerprint density at radius 3 is 2.50 bits per heavy atom. The fraction of sp³-hybridized carbons (Fsp3) is 0.235. The summed E-state index contributed by atoms with van der Waals surface area (Å²) in [5.41, 5.74) is -0.265. The smallest absolute Gasteiger partial charge is 0.255 e. The van der Waals surface area contributed by atoms with E-state index in [1.54, 1.807) is 0 Å². The SMILES string of the molecule is O=C(Nc1cccc(Cl)c1F)c1ccc(F)c(S(=O)(=O)N2CCCC2)c1. The third-order valence-corrected chi connectivity index (χ3v) is 6.28. The Labute approximate surface area is 154 Å². The summed E-state index contributed by atoms with van der Waals surface area (Å²) in [5.74, 6) is -2.53. The Hall–Kier alpha value is -2.03. The van der Waals surface area contributed by atoms with E-state index in [0.29, 0.717) is 25.9 Å². The van der Waals surface area contributed by atoms with E-state index in [9.17, 15) is 22.0 Å². The van der Waals surface area contributed by atoms with E-state index in [4.69, 9.17) is 11.6 Å². The molecule has 0 atom stereocenters. The lowest BCUT2D eigenvalue weighted by atomic mass is 10.2. The van der Waals surface area contributed by atoms with Gasteiger partial charge < -0.3 is 5.32 Å². The highest BCUT2D eigenvalue weighted by atomic mass is 35.5. The molecule has 0 unspecified atom stereocenters. The topological polar surface area (TPSA) is 66.5 Å². The number of rotatable bonds is 4. The largest absolute Gasteiger partial charge is 0.319 e. The van der Waals surface area contributed by atoms with Crippen LogP contribution in [0, 0.1) is 11.6 Å². The first kappa shape index (κ1) is 18.8. The van der Waals surface area contributed by atoms with Gasteiger partial charge in [-0.25, -0.2) is 17.2 Å². The quantitative estimate of drug-likeness (QED) is 0.851. The summed E-state index contributed by atoms with van der Waals surface area (Å²) in [6, 6.07) is 7.09. The average molecular weight is 401 g/mol. The summed E-state index contributed by atoms with van der Waals surface area (Å²) < 4.78 is 54.3. The first-order valence-electron chi connectivity index (χ1n) is 7.86. The van der Waals surface area contributed by atoms with Gasteiger partial charge in [0.15, 0.2) is 5.82 Å². The van der Waals surface area contributed by atoms with Crippen molar-refractivity contribution >= 4 is 33.2 Å². The number of halogens is 3. The van der Waals surface area contributed by atoms with Crippen molar-refractivity contribution in [1.29, 1.82) is 0 Å². The first-order chi connectivity index (χ1) is 12.3. The Bertz CT molecular complexity index is 960. The number of nitrogens with one attached hydrogen (secondary N) is 1. The number of nitrogens with zero attached hydrogens (tertiary/aromatic N) is 1. The minimum Gasteiger partial charge on any atom is -0.319 e. The van der Waals surface area contributed by atoms with E-state index in [2.05, 4.69) is 5.32 Å². The second-order valence-corrected chi connectivity index (χ2v) is 8.13. The number of anilines is 1. The lowest BCUT2D eigenvalue weighted by Gasteiger charge is -2.16. The van der Waals surface area contributed by atoms with Gasteiger partial charge in [0.25, 0.3) is 5.91 Å². The molecule has 138 valence electrons. The molecular weight excluding hydrogens is 386 g/mol. The Morgan fingerprint density at radius 1 is 1.12 bits per heavy atom. The number of hydrogen-bond donors (Lipinski definition) is 1. The summed E-state index contributed by atoms with van der Waals surface area (Å²) in [6.07, 6.45) is 1.41. The molecule has 26 heavy (non-hydrogen) atoms. The van der Waals surface area contributed by atoms with Crippen LogP contribution in [0.1, 0.15) is 23.2 Å². The molecule has 1 fully saturated rings. The van der Waals surface area contributed by atoms with Gasteiger partial charge >= 0.3 is 0 Å². The number of hydrogen-bond acceptors (Lipinski definition) is 3. The van der Waals surface area contributed by atoms with Crippen LogP contribution in [0.5, 0.6) is 0 Å². The maximum absolute atomic E-state index is 14.1. The number of carbonyl (C=O) groups is 1. The molecule has 2 aromatic rings. The number of carbonyl (C=O) groups excluding carboxylic acids is 1. The molecule has 0 radical (unpaired) electrons. The lowest BCUT2D eigenvalue weighted by molar-refractivity contribution is 0.102. The minimum atomic E-state index is -4.03. The molecule has 1 N–H and O–H groups in total. The highest BCUT2D eigenvalue weighted by Crippen LogP contribution is 2.26. The maximum atomic E-state index is 14.1. The Kier molecular flexibility index (Phi) is 5.27. The number of sulfonamides is 1. The van der Waals surface area contributed by atoms with E-state index in [1.807, 2.05) is 0 Å². The van der Waals surface area contributed by atoms with Gasteiger partial charge in [0.2, 0.25) is 10.0 Å². The molecule has 3 rings (SSSR count). The summed E-state index contributed by atoms with van der Waals surface area (Å²) in [6.45, 7) is 0.623.